The molecule has 0 aliphatic carbocycles. The van der Waals surface area contributed by atoms with Gasteiger partial charge in [0.2, 0.25) is 11.8 Å². The Hall–Kier alpha value is -2.70. The van der Waals surface area contributed by atoms with E-state index in [1.54, 1.807) is 13.1 Å². The maximum absolute atomic E-state index is 12.9. The standard InChI is InChI=1S/C17H19FN4O2/c1-12(23)22-8-2-3-14(22)9-20-16-10-19-11-17(21-16)24-15-6-4-13(18)5-7-15/h4-7,10-11,14H,2-3,8-9H2,1H3,(H,20,21). The normalized spacial score (nSPS) is 16.9. The van der Waals surface area contributed by atoms with Crippen LogP contribution in [0.15, 0.2) is 36.7 Å². The molecule has 1 unspecified atom stereocenters. The van der Waals surface area contributed by atoms with Crippen LogP contribution in [0.1, 0.15) is 19.8 Å². The van der Waals surface area contributed by atoms with Crippen molar-refractivity contribution in [3.8, 4) is 11.6 Å². The van der Waals surface area contributed by atoms with Gasteiger partial charge in [-0.25, -0.2) is 4.39 Å². The quantitative estimate of drug-likeness (QED) is 0.913. The maximum Gasteiger partial charge on any atom is 0.239 e. The molecule has 7 heteroatoms. The number of likely N-dealkylation sites (tertiary alicyclic amines) is 1. The largest absolute Gasteiger partial charge is 0.437 e. The molecule has 1 atom stereocenters. The number of halogens is 1. The number of carbonyl (C=O) groups excluding carboxylic acids is 1. The number of rotatable bonds is 5. The number of nitrogens with zero attached hydrogens (tertiary/aromatic N) is 3. The predicted octanol–water partition coefficient (Wildman–Crippen LogP) is 2.83. The van der Waals surface area contributed by atoms with E-state index in [2.05, 4.69) is 15.3 Å². The van der Waals surface area contributed by atoms with E-state index in [9.17, 15) is 9.18 Å². The van der Waals surface area contributed by atoms with Crippen molar-refractivity contribution in [3.05, 3.63) is 42.5 Å². The van der Waals surface area contributed by atoms with Crippen LogP contribution in [0.2, 0.25) is 0 Å². The van der Waals surface area contributed by atoms with Crippen molar-refractivity contribution in [1.29, 1.82) is 0 Å². The van der Waals surface area contributed by atoms with Gasteiger partial charge < -0.3 is 15.0 Å². The Morgan fingerprint density at radius 3 is 2.92 bits per heavy atom. The Bertz CT molecular complexity index is 708. The second kappa shape index (κ2) is 7.25. The number of aromatic nitrogens is 2. The van der Waals surface area contributed by atoms with Crippen LogP contribution in [0.25, 0.3) is 0 Å². The lowest BCUT2D eigenvalue weighted by molar-refractivity contribution is -0.129. The first kappa shape index (κ1) is 16.2. The van der Waals surface area contributed by atoms with E-state index in [1.165, 1.54) is 30.5 Å². The highest BCUT2D eigenvalue weighted by atomic mass is 19.1. The Labute approximate surface area is 139 Å². The van der Waals surface area contributed by atoms with Gasteiger partial charge in [-0.15, -0.1) is 0 Å². The number of ether oxygens (including phenoxy) is 1. The van der Waals surface area contributed by atoms with Crippen molar-refractivity contribution in [2.24, 2.45) is 0 Å². The average molecular weight is 330 g/mol. The zero-order chi connectivity index (χ0) is 16.9. The fraction of sp³-hybridized carbons (Fsp3) is 0.353. The van der Waals surface area contributed by atoms with Crippen LogP contribution in [0.3, 0.4) is 0 Å². The Morgan fingerprint density at radius 2 is 2.17 bits per heavy atom. The average Bonchev–Trinajstić information content (AvgIpc) is 3.04. The van der Waals surface area contributed by atoms with Gasteiger partial charge in [-0.2, -0.15) is 4.98 Å². The number of amides is 1. The van der Waals surface area contributed by atoms with Gasteiger partial charge in [-0.3, -0.25) is 9.78 Å². The minimum Gasteiger partial charge on any atom is -0.437 e. The molecule has 126 valence electrons. The number of hydrogen-bond acceptors (Lipinski definition) is 5. The minimum atomic E-state index is -0.324. The van der Waals surface area contributed by atoms with Crippen molar-refractivity contribution < 1.29 is 13.9 Å². The fourth-order valence-corrected chi connectivity index (χ4v) is 2.79. The van der Waals surface area contributed by atoms with Crippen molar-refractivity contribution in [2.75, 3.05) is 18.4 Å². The van der Waals surface area contributed by atoms with Crippen LogP contribution in [-0.2, 0) is 4.79 Å². The molecule has 1 fully saturated rings. The van der Waals surface area contributed by atoms with E-state index < -0.39 is 0 Å². The summed E-state index contributed by atoms with van der Waals surface area (Å²) < 4.78 is 18.5. The molecule has 24 heavy (non-hydrogen) atoms. The van der Waals surface area contributed by atoms with Crippen molar-refractivity contribution in [3.63, 3.8) is 0 Å². The highest BCUT2D eigenvalue weighted by molar-refractivity contribution is 5.74. The molecule has 1 amide bonds. The molecule has 1 aromatic heterocycles. The van der Waals surface area contributed by atoms with Crippen LogP contribution in [0.5, 0.6) is 11.6 Å². The summed E-state index contributed by atoms with van der Waals surface area (Å²) in [5.41, 5.74) is 0. The van der Waals surface area contributed by atoms with Gasteiger partial charge >= 0.3 is 0 Å². The third kappa shape index (κ3) is 3.98. The van der Waals surface area contributed by atoms with Gasteiger partial charge in [0.25, 0.3) is 0 Å². The molecule has 6 nitrogen and oxygen atoms in total. The van der Waals surface area contributed by atoms with Gasteiger partial charge in [-0.1, -0.05) is 0 Å². The van der Waals surface area contributed by atoms with Gasteiger partial charge in [0.05, 0.1) is 12.4 Å². The topological polar surface area (TPSA) is 67.4 Å². The van der Waals surface area contributed by atoms with Crippen LogP contribution >= 0.6 is 0 Å². The molecule has 2 heterocycles. The first-order valence-electron chi connectivity index (χ1n) is 7.88. The van der Waals surface area contributed by atoms with Crippen LogP contribution in [0, 0.1) is 5.82 Å². The molecule has 2 aromatic rings. The Morgan fingerprint density at radius 1 is 1.38 bits per heavy atom. The molecular weight excluding hydrogens is 311 g/mol. The van der Waals surface area contributed by atoms with E-state index >= 15 is 0 Å². The van der Waals surface area contributed by atoms with Crippen molar-refractivity contribution in [1.82, 2.24) is 14.9 Å². The summed E-state index contributed by atoms with van der Waals surface area (Å²) in [6.07, 6.45) is 5.09. The smallest absolute Gasteiger partial charge is 0.239 e. The molecule has 1 N–H and O–H groups in total. The summed E-state index contributed by atoms with van der Waals surface area (Å²) in [4.78, 5) is 21.9. The lowest BCUT2D eigenvalue weighted by Gasteiger charge is -2.23. The van der Waals surface area contributed by atoms with Crippen LogP contribution in [-0.4, -0.2) is 39.9 Å². The summed E-state index contributed by atoms with van der Waals surface area (Å²) in [5, 5.41) is 3.20. The summed E-state index contributed by atoms with van der Waals surface area (Å²) in [5.74, 6) is 1.15. The van der Waals surface area contributed by atoms with Crippen LogP contribution in [0.4, 0.5) is 10.2 Å². The second-order valence-electron chi connectivity index (χ2n) is 5.69. The number of benzene rings is 1. The third-order valence-corrected chi connectivity index (χ3v) is 3.95. The van der Waals surface area contributed by atoms with Crippen LogP contribution < -0.4 is 10.1 Å². The molecule has 3 rings (SSSR count). The summed E-state index contributed by atoms with van der Waals surface area (Å²) in [6, 6.07) is 5.87. The first-order valence-corrected chi connectivity index (χ1v) is 7.88. The highest BCUT2D eigenvalue weighted by Gasteiger charge is 2.26. The van der Waals surface area contributed by atoms with Gasteiger partial charge in [0, 0.05) is 26.1 Å². The minimum absolute atomic E-state index is 0.0961. The highest BCUT2D eigenvalue weighted by Crippen LogP contribution is 2.21. The third-order valence-electron chi connectivity index (χ3n) is 3.95. The SMILES string of the molecule is CC(=O)N1CCCC1CNc1cncc(Oc2ccc(F)cc2)n1. The summed E-state index contributed by atoms with van der Waals surface area (Å²) in [6.45, 7) is 3.02. The second-order valence-corrected chi connectivity index (χ2v) is 5.69. The fourth-order valence-electron chi connectivity index (χ4n) is 2.79. The van der Waals surface area contributed by atoms with Gasteiger partial charge in [0.15, 0.2) is 0 Å². The van der Waals surface area contributed by atoms with Gasteiger partial charge in [-0.05, 0) is 37.1 Å². The molecular formula is C17H19FN4O2. The van der Waals surface area contributed by atoms with E-state index in [0.29, 0.717) is 24.0 Å². The summed E-state index contributed by atoms with van der Waals surface area (Å²) >= 11 is 0. The zero-order valence-electron chi connectivity index (χ0n) is 13.4. The maximum atomic E-state index is 12.9. The zero-order valence-corrected chi connectivity index (χ0v) is 13.4. The Balaban J connectivity index is 1.61. The number of hydrogen-bond donors (Lipinski definition) is 1. The Kier molecular flexibility index (Phi) is 4.88. The monoisotopic (exact) mass is 330 g/mol. The lowest BCUT2D eigenvalue weighted by Crippen LogP contribution is -2.38. The molecule has 1 aromatic carbocycles. The molecule has 1 aliphatic heterocycles. The molecule has 0 bridgehead atoms. The molecule has 0 saturated carbocycles. The molecule has 0 radical (unpaired) electrons. The van der Waals surface area contributed by atoms with E-state index in [1.807, 2.05) is 4.90 Å². The first-order chi connectivity index (χ1) is 11.6. The van der Waals surface area contributed by atoms with E-state index in [4.69, 9.17) is 4.74 Å². The number of nitrogens with one attached hydrogen (secondary N) is 1. The van der Waals surface area contributed by atoms with Crippen molar-refractivity contribution >= 4 is 11.7 Å². The lowest BCUT2D eigenvalue weighted by atomic mass is 10.2. The molecule has 0 spiro atoms. The number of anilines is 1. The van der Waals surface area contributed by atoms with E-state index in [0.717, 1.165) is 19.4 Å². The summed E-state index contributed by atoms with van der Waals surface area (Å²) in [7, 11) is 0. The predicted molar refractivity (Wildman–Crippen MR) is 87.4 cm³/mol. The number of carbonyl (C=O) groups is 1. The van der Waals surface area contributed by atoms with Gasteiger partial charge in [0.1, 0.15) is 17.4 Å². The molecule has 1 saturated heterocycles. The van der Waals surface area contributed by atoms with Crippen molar-refractivity contribution in [2.45, 2.75) is 25.8 Å². The van der Waals surface area contributed by atoms with E-state index in [-0.39, 0.29) is 17.8 Å². The molecule has 1 aliphatic rings.